The number of nitrogens with one attached hydrogen (secondary N) is 1. The standard InChI is InChI=1S/C12H27NOS/c1-4-5-6-7-8-9-12(2)13-10-11-15(3)14/h12-13H,4-11H2,1-3H3. The second-order valence-corrected chi connectivity index (χ2v) is 5.89. The second-order valence-electron chi connectivity index (χ2n) is 4.34. The van der Waals surface area contributed by atoms with E-state index in [1.54, 1.807) is 6.26 Å². The molecule has 0 aromatic rings. The molecule has 0 aliphatic heterocycles. The number of hydrogen-bond donors (Lipinski definition) is 1. The Morgan fingerprint density at radius 3 is 2.47 bits per heavy atom. The first-order chi connectivity index (χ1) is 7.16. The van der Waals surface area contributed by atoms with Gasteiger partial charge in [0, 0.05) is 35.4 Å². The molecule has 15 heavy (non-hydrogen) atoms. The molecule has 0 aromatic heterocycles. The Bertz CT molecular complexity index is 162. The third-order valence-corrected chi connectivity index (χ3v) is 3.40. The van der Waals surface area contributed by atoms with Crippen LogP contribution in [0.4, 0.5) is 0 Å². The third kappa shape index (κ3) is 12.0. The van der Waals surface area contributed by atoms with Crippen LogP contribution in [0, 0.1) is 0 Å². The SMILES string of the molecule is CCCCCCCC(C)NCCS(C)=O. The van der Waals surface area contributed by atoms with Crippen LogP contribution in [-0.4, -0.2) is 28.8 Å². The fourth-order valence-electron chi connectivity index (χ4n) is 1.61. The topological polar surface area (TPSA) is 29.1 Å². The van der Waals surface area contributed by atoms with Crippen LogP contribution in [0.2, 0.25) is 0 Å². The maximum atomic E-state index is 10.8. The van der Waals surface area contributed by atoms with E-state index < -0.39 is 10.8 Å². The molecule has 0 amide bonds. The molecule has 1 N–H and O–H groups in total. The predicted octanol–water partition coefficient (Wildman–Crippen LogP) is 2.70. The summed E-state index contributed by atoms with van der Waals surface area (Å²) in [6.07, 6.45) is 9.76. The van der Waals surface area contributed by atoms with Crippen LogP contribution < -0.4 is 5.32 Å². The summed E-state index contributed by atoms with van der Waals surface area (Å²) in [4.78, 5) is 0. The number of hydrogen-bond acceptors (Lipinski definition) is 2. The average Bonchev–Trinajstić information content (AvgIpc) is 2.17. The molecule has 2 nitrogen and oxygen atoms in total. The van der Waals surface area contributed by atoms with Gasteiger partial charge in [-0.15, -0.1) is 0 Å². The van der Waals surface area contributed by atoms with Crippen molar-refractivity contribution in [2.24, 2.45) is 0 Å². The van der Waals surface area contributed by atoms with Crippen molar-refractivity contribution in [3.05, 3.63) is 0 Å². The molecule has 3 heteroatoms. The molecule has 0 rings (SSSR count). The molecular weight excluding hydrogens is 206 g/mol. The van der Waals surface area contributed by atoms with Crippen molar-refractivity contribution < 1.29 is 4.21 Å². The minimum Gasteiger partial charge on any atom is -0.313 e. The fourth-order valence-corrected chi connectivity index (χ4v) is 2.01. The summed E-state index contributed by atoms with van der Waals surface area (Å²) in [7, 11) is -0.655. The molecule has 2 atom stereocenters. The first-order valence-electron chi connectivity index (χ1n) is 6.20. The van der Waals surface area contributed by atoms with E-state index in [2.05, 4.69) is 19.2 Å². The number of rotatable bonds is 10. The maximum absolute atomic E-state index is 10.8. The molecule has 2 unspecified atom stereocenters. The summed E-state index contributed by atoms with van der Waals surface area (Å²) in [5.74, 6) is 0.778. The zero-order valence-corrected chi connectivity index (χ0v) is 11.4. The lowest BCUT2D eigenvalue weighted by Crippen LogP contribution is -2.29. The lowest BCUT2D eigenvalue weighted by molar-refractivity contribution is 0.492. The van der Waals surface area contributed by atoms with Gasteiger partial charge in [0.25, 0.3) is 0 Å². The highest BCUT2D eigenvalue weighted by Gasteiger charge is 2.00. The summed E-state index contributed by atoms with van der Waals surface area (Å²) >= 11 is 0. The highest BCUT2D eigenvalue weighted by molar-refractivity contribution is 7.84. The van der Waals surface area contributed by atoms with Gasteiger partial charge in [-0.25, -0.2) is 0 Å². The van der Waals surface area contributed by atoms with Crippen molar-refractivity contribution in [1.29, 1.82) is 0 Å². The van der Waals surface area contributed by atoms with E-state index in [9.17, 15) is 4.21 Å². The summed E-state index contributed by atoms with van der Waals surface area (Å²) in [5.41, 5.74) is 0. The van der Waals surface area contributed by atoms with E-state index in [1.807, 2.05) is 0 Å². The molecule has 0 fully saturated rings. The summed E-state index contributed by atoms with van der Waals surface area (Å²) < 4.78 is 10.8. The molecule has 92 valence electrons. The molecule has 0 spiro atoms. The largest absolute Gasteiger partial charge is 0.313 e. The average molecular weight is 233 g/mol. The molecule has 0 saturated heterocycles. The van der Waals surface area contributed by atoms with Crippen LogP contribution >= 0.6 is 0 Å². The highest BCUT2D eigenvalue weighted by Crippen LogP contribution is 2.06. The van der Waals surface area contributed by atoms with E-state index in [0.29, 0.717) is 6.04 Å². The molecule has 0 aromatic carbocycles. The summed E-state index contributed by atoms with van der Waals surface area (Å²) in [5, 5.41) is 3.41. The van der Waals surface area contributed by atoms with E-state index >= 15 is 0 Å². The predicted molar refractivity (Wildman–Crippen MR) is 69.8 cm³/mol. The Morgan fingerprint density at radius 1 is 1.20 bits per heavy atom. The van der Waals surface area contributed by atoms with Crippen LogP contribution in [-0.2, 0) is 10.8 Å². The molecular formula is C12H27NOS. The maximum Gasteiger partial charge on any atom is 0.0357 e. The highest BCUT2D eigenvalue weighted by atomic mass is 32.2. The fraction of sp³-hybridized carbons (Fsp3) is 1.00. The zero-order chi connectivity index (χ0) is 11.5. The van der Waals surface area contributed by atoms with Crippen molar-refractivity contribution >= 4 is 10.8 Å². The molecule has 0 bridgehead atoms. The van der Waals surface area contributed by atoms with Crippen molar-refractivity contribution in [1.82, 2.24) is 5.32 Å². The van der Waals surface area contributed by atoms with Crippen molar-refractivity contribution in [3.8, 4) is 0 Å². The van der Waals surface area contributed by atoms with E-state index in [0.717, 1.165) is 12.3 Å². The van der Waals surface area contributed by atoms with Crippen LogP contribution in [0.1, 0.15) is 52.4 Å². The molecule has 0 aliphatic carbocycles. The number of unbranched alkanes of at least 4 members (excludes halogenated alkanes) is 4. The van der Waals surface area contributed by atoms with Crippen LogP contribution in [0.15, 0.2) is 0 Å². The minimum absolute atomic E-state index is 0.579. The van der Waals surface area contributed by atoms with E-state index in [4.69, 9.17) is 0 Å². The van der Waals surface area contributed by atoms with Crippen LogP contribution in [0.5, 0.6) is 0 Å². The Labute approximate surface area is 97.7 Å². The van der Waals surface area contributed by atoms with Crippen LogP contribution in [0.3, 0.4) is 0 Å². The Kier molecular flexibility index (Phi) is 10.7. The van der Waals surface area contributed by atoms with Gasteiger partial charge >= 0.3 is 0 Å². The summed E-state index contributed by atoms with van der Waals surface area (Å²) in [6.45, 7) is 5.35. The van der Waals surface area contributed by atoms with Gasteiger partial charge in [-0.3, -0.25) is 4.21 Å². The van der Waals surface area contributed by atoms with Gasteiger partial charge < -0.3 is 5.32 Å². The smallest absolute Gasteiger partial charge is 0.0357 e. The summed E-state index contributed by atoms with van der Waals surface area (Å²) in [6, 6.07) is 0.579. The normalized spacial score (nSPS) is 15.1. The van der Waals surface area contributed by atoms with E-state index in [1.165, 1.54) is 38.5 Å². The quantitative estimate of drug-likeness (QED) is 0.588. The van der Waals surface area contributed by atoms with Gasteiger partial charge in [0.2, 0.25) is 0 Å². The van der Waals surface area contributed by atoms with Gasteiger partial charge in [0.15, 0.2) is 0 Å². The zero-order valence-electron chi connectivity index (χ0n) is 10.6. The molecule has 0 radical (unpaired) electrons. The first kappa shape index (κ1) is 15.1. The molecule has 0 aliphatic rings. The van der Waals surface area contributed by atoms with Crippen molar-refractivity contribution in [2.75, 3.05) is 18.6 Å². The lowest BCUT2D eigenvalue weighted by atomic mass is 10.1. The van der Waals surface area contributed by atoms with Crippen molar-refractivity contribution in [2.45, 2.75) is 58.4 Å². The van der Waals surface area contributed by atoms with E-state index in [-0.39, 0.29) is 0 Å². The Balaban J connectivity index is 3.18. The Hall–Kier alpha value is 0.110. The third-order valence-electron chi connectivity index (χ3n) is 2.62. The molecule has 0 heterocycles. The minimum atomic E-state index is -0.655. The van der Waals surface area contributed by atoms with Crippen LogP contribution in [0.25, 0.3) is 0 Å². The second kappa shape index (κ2) is 10.6. The Morgan fingerprint density at radius 2 is 1.87 bits per heavy atom. The monoisotopic (exact) mass is 233 g/mol. The van der Waals surface area contributed by atoms with Gasteiger partial charge in [0.1, 0.15) is 0 Å². The molecule has 0 saturated carbocycles. The first-order valence-corrected chi connectivity index (χ1v) is 7.93. The van der Waals surface area contributed by atoms with Gasteiger partial charge in [-0.05, 0) is 13.3 Å². The van der Waals surface area contributed by atoms with Crippen molar-refractivity contribution in [3.63, 3.8) is 0 Å². The van der Waals surface area contributed by atoms with Gasteiger partial charge in [0.05, 0.1) is 0 Å². The van der Waals surface area contributed by atoms with Gasteiger partial charge in [-0.1, -0.05) is 39.0 Å². The van der Waals surface area contributed by atoms with Gasteiger partial charge in [-0.2, -0.15) is 0 Å². The lowest BCUT2D eigenvalue weighted by Gasteiger charge is -2.12.